The highest BCUT2D eigenvalue weighted by molar-refractivity contribution is 6.31. The first-order valence-electron chi connectivity index (χ1n) is 6.97. The van der Waals surface area contributed by atoms with Crippen LogP contribution in [0.4, 0.5) is 0 Å². The highest BCUT2D eigenvalue weighted by Crippen LogP contribution is 2.45. The average Bonchev–Trinajstić information content (AvgIpc) is 2.57. The minimum Gasteiger partial charge on any atom is -0.490 e. The number of aliphatic hydroxyl groups is 1. The van der Waals surface area contributed by atoms with Crippen LogP contribution in [0.1, 0.15) is 50.3 Å². The Morgan fingerprint density at radius 1 is 1.26 bits per heavy atom. The zero-order valence-electron chi connectivity index (χ0n) is 11.5. The quantitative estimate of drug-likeness (QED) is 0.852. The summed E-state index contributed by atoms with van der Waals surface area (Å²) in [6, 6.07) is 1.81. The van der Waals surface area contributed by atoms with Crippen molar-refractivity contribution in [1.82, 2.24) is 0 Å². The van der Waals surface area contributed by atoms with Crippen molar-refractivity contribution < 1.29 is 14.6 Å². The second-order valence-corrected chi connectivity index (χ2v) is 5.11. The van der Waals surface area contributed by atoms with E-state index < -0.39 is 6.10 Å². The fourth-order valence-corrected chi connectivity index (χ4v) is 2.91. The molecule has 106 valence electrons. The van der Waals surface area contributed by atoms with Crippen molar-refractivity contribution in [2.45, 2.75) is 45.6 Å². The zero-order chi connectivity index (χ0) is 13.8. The molecule has 1 aromatic rings. The first-order valence-corrected chi connectivity index (χ1v) is 7.35. The predicted octanol–water partition coefficient (Wildman–Crippen LogP) is 3.90. The lowest BCUT2D eigenvalue weighted by atomic mass is 9.99. The Labute approximate surface area is 119 Å². The van der Waals surface area contributed by atoms with Gasteiger partial charge in [0.2, 0.25) is 0 Å². The lowest BCUT2D eigenvalue weighted by Gasteiger charge is -2.21. The van der Waals surface area contributed by atoms with Crippen LogP contribution in [0.2, 0.25) is 5.02 Å². The van der Waals surface area contributed by atoms with E-state index in [1.54, 1.807) is 0 Å². The highest BCUT2D eigenvalue weighted by Gasteiger charge is 2.26. The molecule has 3 nitrogen and oxygen atoms in total. The standard InChI is InChI=1S/C15H21ClO3/c1-3-18-13-9-11(16)10-7-5-6-8-12(17)14(10)15(13)19-4-2/h9,12,17H,3-8H2,1-2H3. The van der Waals surface area contributed by atoms with Gasteiger partial charge in [0.15, 0.2) is 11.5 Å². The number of rotatable bonds is 4. The Bertz CT molecular complexity index is 446. The summed E-state index contributed by atoms with van der Waals surface area (Å²) in [5.41, 5.74) is 1.84. The molecule has 1 aliphatic carbocycles. The number of benzene rings is 1. The van der Waals surface area contributed by atoms with Crippen LogP contribution < -0.4 is 9.47 Å². The molecule has 1 aromatic carbocycles. The Kier molecular flexibility index (Phi) is 4.94. The Hall–Kier alpha value is -0.930. The minimum atomic E-state index is -0.517. The van der Waals surface area contributed by atoms with Gasteiger partial charge in [0.05, 0.1) is 19.3 Å². The van der Waals surface area contributed by atoms with Crippen LogP contribution in [0.3, 0.4) is 0 Å². The van der Waals surface area contributed by atoms with Gasteiger partial charge in [0.25, 0.3) is 0 Å². The Morgan fingerprint density at radius 3 is 2.68 bits per heavy atom. The predicted molar refractivity (Wildman–Crippen MR) is 76.3 cm³/mol. The van der Waals surface area contributed by atoms with Crippen LogP contribution in [0.15, 0.2) is 6.07 Å². The maximum absolute atomic E-state index is 10.4. The van der Waals surface area contributed by atoms with Crippen molar-refractivity contribution >= 4 is 11.6 Å². The molecular weight excluding hydrogens is 264 g/mol. The summed E-state index contributed by atoms with van der Waals surface area (Å²) in [4.78, 5) is 0. The van der Waals surface area contributed by atoms with Crippen LogP contribution in [-0.4, -0.2) is 18.3 Å². The van der Waals surface area contributed by atoms with Crippen LogP contribution in [-0.2, 0) is 6.42 Å². The van der Waals surface area contributed by atoms with E-state index in [9.17, 15) is 5.11 Å². The number of hydrogen-bond donors (Lipinski definition) is 1. The molecular formula is C15H21ClO3. The average molecular weight is 285 g/mol. The summed E-state index contributed by atoms with van der Waals surface area (Å²) < 4.78 is 11.3. The lowest BCUT2D eigenvalue weighted by molar-refractivity contribution is 0.159. The molecule has 0 saturated heterocycles. The van der Waals surface area contributed by atoms with Crippen molar-refractivity contribution in [3.8, 4) is 11.5 Å². The number of fused-ring (bicyclic) bond motifs is 1. The topological polar surface area (TPSA) is 38.7 Å². The lowest BCUT2D eigenvalue weighted by Crippen LogP contribution is -2.08. The summed E-state index contributed by atoms with van der Waals surface area (Å²) >= 11 is 6.35. The van der Waals surface area contributed by atoms with Crippen LogP contribution in [0, 0.1) is 0 Å². The molecule has 4 heteroatoms. The molecule has 0 radical (unpaired) electrons. The van der Waals surface area contributed by atoms with E-state index in [1.807, 2.05) is 19.9 Å². The SMILES string of the molecule is CCOc1cc(Cl)c2c(c1OCC)C(O)CCCC2. The van der Waals surface area contributed by atoms with E-state index in [0.29, 0.717) is 29.7 Å². The molecule has 0 aliphatic heterocycles. The van der Waals surface area contributed by atoms with Gasteiger partial charge < -0.3 is 14.6 Å². The number of hydrogen-bond acceptors (Lipinski definition) is 3. The van der Waals surface area contributed by atoms with E-state index in [4.69, 9.17) is 21.1 Å². The third-order valence-electron chi connectivity index (χ3n) is 3.42. The second-order valence-electron chi connectivity index (χ2n) is 4.71. The maximum Gasteiger partial charge on any atom is 0.167 e. The van der Waals surface area contributed by atoms with Crippen molar-refractivity contribution in [2.24, 2.45) is 0 Å². The van der Waals surface area contributed by atoms with Crippen LogP contribution in [0.5, 0.6) is 11.5 Å². The molecule has 0 heterocycles. The maximum atomic E-state index is 10.4. The Morgan fingerprint density at radius 2 is 2.00 bits per heavy atom. The van der Waals surface area contributed by atoms with E-state index in [1.165, 1.54) is 0 Å². The van der Waals surface area contributed by atoms with Gasteiger partial charge in [-0.1, -0.05) is 18.0 Å². The zero-order valence-corrected chi connectivity index (χ0v) is 12.3. The molecule has 0 amide bonds. The summed E-state index contributed by atoms with van der Waals surface area (Å²) in [5.74, 6) is 1.30. The first kappa shape index (κ1) is 14.5. The third-order valence-corrected chi connectivity index (χ3v) is 3.75. The third kappa shape index (κ3) is 2.98. The van der Waals surface area contributed by atoms with Crippen molar-refractivity contribution in [3.05, 3.63) is 22.2 Å². The van der Waals surface area contributed by atoms with Gasteiger partial charge in [0, 0.05) is 16.7 Å². The number of ether oxygens (including phenoxy) is 2. The molecule has 0 spiro atoms. The second kappa shape index (κ2) is 6.49. The molecule has 1 N–H and O–H groups in total. The normalized spacial score (nSPS) is 18.6. The molecule has 1 atom stereocenters. The van der Waals surface area contributed by atoms with Crippen molar-refractivity contribution in [1.29, 1.82) is 0 Å². The molecule has 1 unspecified atom stereocenters. The molecule has 19 heavy (non-hydrogen) atoms. The van der Waals surface area contributed by atoms with E-state index in [0.717, 1.165) is 36.8 Å². The van der Waals surface area contributed by atoms with Crippen molar-refractivity contribution in [3.63, 3.8) is 0 Å². The molecule has 1 aliphatic rings. The fraction of sp³-hybridized carbons (Fsp3) is 0.600. The van der Waals surface area contributed by atoms with Gasteiger partial charge >= 0.3 is 0 Å². The van der Waals surface area contributed by atoms with Gasteiger partial charge in [0.1, 0.15) is 0 Å². The summed E-state index contributed by atoms with van der Waals surface area (Å²) in [7, 11) is 0. The first-order chi connectivity index (χ1) is 9.19. The summed E-state index contributed by atoms with van der Waals surface area (Å²) in [5, 5.41) is 11.0. The summed E-state index contributed by atoms with van der Waals surface area (Å²) in [6.45, 7) is 4.94. The highest BCUT2D eigenvalue weighted by atomic mass is 35.5. The molecule has 0 saturated carbocycles. The van der Waals surface area contributed by atoms with Gasteiger partial charge in [-0.2, -0.15) is 0 Å². The van der Waals surface area contributed by atoms with E-state index >= 15 is 0 Å². The van der Waals surface area contributed by atoms with E-state index in [2.05, 4.69) is 0 Å². The van der Waals surface area contributed by atoms with Crippen LogP contribution >= 0.6 is 11.6 Å². The van der Waals surface area contributed by atoms with Gasteiger partial charge in [-0.3, -0.25) is 0 Å². The molecule has 0 fully saturated rings. The van der Waals surface area contributed by atoms with Gasteiger partial charge in [-0.05, 0) is 38.7 Å². The largest absolute Gasteiger partial charge is 0.490 e. The van der Waals surface area contributed by atoms with Gasteiger partial charge in [-0.15, -0.1) is 0 Å². The van der Waals surface area contributed by atoms with Gasteiger partial charge in [-0.25, -0.2) is 0 Å². The number of aliphatic hydroxyl groups excluding tert-OH is 1. The minimum absolute atomic E-state index is 0.517. The van der Waals surface area contributed by atoms with E-state index in [-0.39, 0.29) is 0 Å². The summed E-state index contributed by atoms with van der Waals surface area (Å²) in [6.07, 6.45) is 3.17. The molecule has 0 aromatic heterocycles. The fourth-order valence-electron chi connectivity index (χ4n) is 2.61. The molecule has 2 rings (SSSR count). The monoisotopic (exact) mass is 284 g/mol. The van der Waals surface area contributed by atoms with Crippen LogP contribution in [0.25, 0.3) is 0 Å². The smallest absolute Gasteiger partial charge is 0.167 e. The Balaban J connectivity index is 2.58. The van der Waals surface area contributed by atoms with Crippen molar-refractivity contribution in [2.75, 3.05) is 13.2 Å². The molecule has 0 bridgehead atoms. The number of halogens is 1.